The summed E-state index contributed by atoms with van der Waals surface area (Å²) in [6, 6.07) is 20.7. The van der Waals surface area contributed by atoms with Crippen molar-refractivity contribution in [2.45, 2.75) is 0 Å². The van der Waals surface area contributed by atoms with Crippen LogP contribution < -0.4 is 15.5 Å². The van der Waals surface area contributed by atoms with Crippen molar-refractivity contribution >= 4 is 69.0 Å². The number of rotatable bonds is 3. The van der Waals surface area contributed by atoms with E-state index < -0.39 is 11.8 Å². The lowest BCUT2D eigenvalue weighted by atomic mass is 10.1. The first-order valence-corrected chi connectivity index (χ1v) is 10.4. The molecule has 6 nitrogen and oxygen atoms in total. The zero-order chi connectivity index (χ0) is 21.3. The smallest absolute Gasteiger partial charge is 0.268 e. The van der Waals surface area contributed by atoms with E-state index in [1.807, 2.05) is 18.2 Å². The SMILES string of the molecule is O=C(NC(=S)Nc1cccc2c1C(=O)N(c1ccccc1)C2=O)c1ccccc1I. The minimum atomic E-state index is -0.448. The molecule has 0 atom stereocenters. The van der Waals surface area contributed by atoms with Gasteiger partial charge in [-0.3, -0.25) is 19.7 Å². The van der Waals surface area contributed by atoms with Crippen LogP contribution in [0.15, 0.2) is 72.8 Å². The molecule has 1 heterocycles. The standard InChI is InChI=1S/C22H14IN3O3S/c23-16-11-5-4-9-14(16)19(27)25-22(30)24-17-12-6-10-15-18(17)21(29)26(20(15)28)13-7-2-1-3-8-13/h1-12H,(H2,24,25,27,30). The number of thiocarbonyl (C=S) groups is 1. The summed E-state index contributed by atoms with van der Waals surface area (Å²) in [5.41, 5.74) is 1.83. The lowest BCUT2D eigenvalue weighted by molar-refractivity contribution is 0.0924. The van der Waals surface area contributed by atoms with Gasteiger partial charge in [-0.2, -0.15) is 0 Å². The number of benzene rings is 3. The molecule has 3 aromatic carbocycles. The Bertz CT molecular complexity index is 1200. The third kappa shape index (κ3) is 3.71. The van der Waals surface area contributed by atoms with E-state index in [4.69, 9.17) is 12.2 Å². The lowest BCUT2D eigenvalue weighted by Crippen LogP contribution is -2.35. The number of para-hydroxylation sites is 1. The number of nitrogens with zero attached hydrogens (tertiary/aromatic N) is 1. The van der Waals surface area contributed by atoms with Crippen LogP contribution in [0, 0.1) is 3.57 Å². The van der Waals surface area contributed by atoms with E-state index in [1.165, 1.54) is 0 Å². The maximum Gasteiger partial charge on any atom is 0.268 e. The van der Waals surface area contributed by atoms with Crippen molar-refractivity contribution < 1.29 is 14.4 Å². The highest BCUT2D eigenvalue weighted by Gasteiger charge is 2.38. The van der Waals surface area contributed by atoms with E-state index >= 15 is 0 Å². The highest BCUT2D eigenvalue weighted by molar-refractivity contribution is 14.1. The monoisotopic (exact) mass is 527 g/mol. The van der Waals surface area contributed by atoms with Gasteiger partial charge in [0, 0.05) is 3.57 Å². The molecule has 1 aliphatic rings. The van der Waals surface area contributed by atoms with Gasteiger partial charge in [0.05, 0.1) is 28.1 Å². The van der Waals surface area contributed by atoms with Crippen LogP contribution in [-0.2, 0) is 0 Å². The summed E-state index contributed by atoms with van der Waals surface area (Å²) in [5.74, 6) is -1.21. The van der Waals surface area contributed by atoms with E-state index in [1.54, 1.807) is 54.6 Å². The first-order valence-electron chi connectivity index (χ1n) is 8.91. The number of hydrogen-bond acceptors (Lipinski definition) is 4. The fourth-order valence-electron chi connectivity index (χ4n) is 3.17. The van der Waals surface area contributed by atoms with Crippen molar-refractivity contribution in [2.75, 3.05) is 10.2 Å². The predicted molar refractivity (Wildman–Crippen MR) is 127 cm³/mol. The topological polar surface area (TPSA) is 78.5 Å². The van der Waals surface area contributed by atoms with Crippen LogP contribution in [0.3, 0.4) is 0 Å². The Morgan fingerprint density at radius 1 is 0.867 bits per heavy atom. The number of fused-ring (bicyclic) bond motifs is 1. The van der Waals surface area contributed by atoms with Crippen LogP contribution in [-0.4, -0.2) is 22.8 Å². The Balaban J connectivity index is 1.58. The summed E-state index contributed by atoms with van der Waals surface area (Å²) in [5, 5.41) is 5.53. The van der Waals surface area contributed by atoms with Crippen molar-refractivity contribution in [2.24, 2.45) is 0 Å². The average molecular weight is 527 g/mol. The molecule has 0 spiro atoms. The molecule has 0 bridgehead atoms. The van der Waals surface area contributed by atoms with E-state index in [9.17, 15) is 14.4 Å². The number of hydrogen-bond donors (Lipinski definition) is 2. The van der Waals surface area contributed by atoms with Gasteiger partial charge in [-0.1, -0.05) is 36.4 Å². The summed E-state index contributed by atoms with van der Waals surface area (Å²) in [4.78, 5) is 39.5. The van der Waals surface area contributed by atoms with E-state index in [-0.39, 0.29) is 22.1 Å². The molecule has 0 radical (unpaired) electrons. The number of imide groups is 1. The van der Waals surface area contributed by atoms with Crippen LogP contribution in [0.1, 0.15) is 31.1 Å². The molecular weight excluding hydrogens is 513 g/mol. The molecule has 0 unspecified atom stereocenters. The molecule has 8 heteroatoms. The zero-order valence-electron chi connectivity index (χ0n) is 15.4. The molecule has 3 aromatic rings. The maximum atomic E-state index is 13.0. The largest absolute Gasteiger partial charge is 0.332 e. The van der Waals surface area contributed by atoms with E-state index in [0.717, 1.165) is 8.47 Å². The van der Waals surface area contributed by atoms with Gasteiger partial charge in [0.25, 0.3) is 17.7 Å². The zero-order valence-corrected chi connectivity index (χ0v) is 18.4. The number of carbonyl (C=O) groups excluding carboxylic acids is 3. The summed E-state index contributed by atoms with van der Waals surface area (Å²) in [6.07, 6.45) is 0. The van der Waals surface area contributed by atoms with Gasteiger partial charge >= 0.3 is 0 Å². The third-order valence-electron chi connectivity index (χ3n) is 4.52. The Morgan fingerprint density at radius 2 is 1.57 bits per heavy atom. The number of amides is 3. The van der Waals surface area contributed by atoms with Crippen LogP contribution in [0.25, 0.3) is 0 Å². The molecule has 4 rings (SSSR count). The number of anilines is 2. The third-order valence-corrected chi connectivity index (χ3v) is 5.67. The predicted octanol–water partition coefficient (Wildman–Crippen LogP) is 4.22. The van der Waals surface area contributed by atoms with Crippen molar-refractivity contribution in [1.82, 2.24) is 5.32 Å². The minimum absolute atomic E-state index is 0.0338. The Kier molecular flexibility index (Phi) is 5.60. The highest BCUT2D eigenvalue weighted by Crippen LogP contribution is 2.32. The van der Waals surface area contributed by atoms with Crippen molar-refractivity contribution in [3.8, 4) is 0 Å². The summed E-state index contributed by atoms with van der Waals surface area (Å²) in [6.45, 7) is 0. The molecule has 2 N–H and O–H groups in total. The summed E-state index contributed by atoms with van der Waals surface area (Å²) in [7, 11) is 0. The first-order chi connectivity index (χ1) is 14.5. The van der Waals surface area contributed by atoms with E-state index in [0.29, 0.717) is 16.9 Å². The quantitative estimate of drug-likeness (QED) is 0.303. The summed E-state index contributed by atoms with van der Waals surface area (Å²) < 4.78 is 0.787. The molecule has 0 fully saturated rings. The Hall–Kier alpha value is -3.11. The van der Waals surface area contributed by atoms with Crippen LogP contribution >= 0.6 is 34.8 Å². The molecule has 3 amide bonds. The molecule has 0 saturated heterocycles. The van der Waals surface area contributed by atoms with Gasteiger partial charge in [0.2, 0.25) is 0 Å². The van der Waals surface area contributed by atoms with Gasteiger partial charge in [-0.05, 0) is 71.2 Å². The van der Waals surface area contributed by atoms with Crippen molar-refractivity contribution in [3.05, 3.63) is 93.1 Å². The lowest BCUT2D eigenvalue weighted by Gasteiger charge is -2.14. The van der Waals surface area contributed by atoms with Crippen LogP contribution in [0.4, 0.5) is 11.4 Å². The number of carbonyl (C=O) groups is 3. The van der Waals surface area contributed by atoms with Crippen LogP contribution in [0.2, 0.25) is 0 Å². The summed E-state index contributed by atoms with van der Waals surface area (Å²) >= 11 is 7.33. The Labute approximate surface area is 191 Å². The van der Waals surface area contributed by atoms with Crippen molar-refractivity contribution in [3.63, 3.8) is 0 Å². The molecule has 0 saturated carbocycles. The van der Waals surface area contributed by atoms with Gasteiger partial charge in [-0.25, -0.2) is 4.90 Å². The normalized spacial score (nSPS) is 12.5. The molecular formula is C22H14IN3O3S. The van der Waals surface area contributed by atoms with Gasteiger partial charge in [-0.15, -0.1) is 0 Å². The fourth-order valence-corrected chi connectivity index (χ4v) is 4.01. The molecule has 30 heavy (non-hydrogen) atoms. The van der Waals surface area contributed by atoms with Gasteiger partial charge < -0.3 is 5.32 Å². The molecule has 0 aromatic heterocycles. The highest BCUT2D eigenvalue weighted by atomic mass is 127. The fraction of sp³-hybridized carbons (Fsp3) is 0. The average Bonchev–Trinajstić information content (AvgIpc) is 3.00. The minimum Gasteiger partial charge on any atom is -0.332 e. The second-order valence-electron chi connectivity index (χ2n) is 6.40. The second-order valence-corrected chi connectivity index (χ2v) is 7.97. The Morgan fingerprint density at radius 3 is 2.30 bits per heavy atom. The first kappa shape index (κ1) is 20.2. The molecule has 0 aliphatic carbocycles. The van der Waals surface area contributed by atoms with Gasteiger partial charge in [0.15, 0.2) is 5.11 Å². The molecule has 1 aliphatic heterocycles. The van der Waals surface area contributed by atoms with E-state index in [2.05, 4.69) is 33.2 Å². The van der Waals surface area contributed by atoms with Crippen molar-refractivity contribution in [1.29, 1.82) is 0 Å². The number of halogens is 1. The maximum absolute atomic E-state index is 13.0. The molecule has 148 valence electrons. The van der Waals surface area contributed by atoms with Crippen LogP contribution in [0.5, 0.6) is 0 Å². The second kappa shape index (κ2) is 8.33. The van der Waals surface area contributed by atoms with Gasteiger partial charge in [0.1, 0.15) is 0 Å². The number of nitrogens with one attached hydrogen (secondary N) is 2.